The molecule has 0 radical (unpaired) electrons. The Morgan fingerprint density at radius 3 is 2.79 bits per heavy atom. The van der Waals surface area contributed by atoms with Crippen LogP contribution in [0.2, 0.25) is 5.02 Å². The smallest absolute Gasteiger partial charge is 0.223 e. The Labute approximate surface area is 145 Å². The summed E-state index contributed by atoms with van der Waals surface area (Å²) in [7, 11) is 1.84. The molecule has 1 amide bonds. The molecule has 2 atom stereocenters. The van der Waals surface area contributed by atoms with Gasteiger partial charge in [0.1, 0.15) is 5.82 Å². The standard InChI is InChI=1S/C18H19ClFN3O/c1-23-17(24)9-14(18(23)13-4-6-21-7-5-13)11-22-10-12-2-3-16(20)15(19)8-12/h2-8,14,18,22H,9-11H2,1H3/t14-,18-/m0/s1. The summed E-state index contributed by atoms with van der Waals surface area (Å²) in [6, 6.07) is 8.64. The summed E-state index contributed by atoms with van der Waals surface area (Å²) in [6.07, 6.45) is 4.01. The van der Waals surface area contributed by atoms with E-state index in [0.717, 1.165) is 11.1 Å². The molecule has 6 heteroatoms. The number of nitrogens with zero attached hydrogens (tertiary/aromatic N) is 2. The van der Waals surface area contributed by atoms with Crippen LogP contribution in [0.5, 0.6) is 0 Å². The number of nitrogens with one attached hydrogen (secondary N) is 1. The van der Waals surface area contributed by atoms with Crippen LogP contribution in [0.4, 0.5) is 4.39 Å². The Hall–Kier alpha value is -1.98. The fourth-order valence-electron chi connectivity index (χ4n) is 3.24. The minimum atomic E-state index is -0.416. The Bertz CT molecular complexity index is 725. The van der Waals surface area contributed by atoms with Gasteiger partial charge in [0.15, 0.2) is 0 Å². The predicted molar refractivity (Wildman–Crippen MR) is 91.0 cm³/mol. The van der Waals surface area contributed by atoms with Crippen molar-refractivity contribution in [1.82, 2.24) is 15.2 Å². The molecular formula is C18H19ClFN3O. The van der Waals surface area contributed by atoms with Crippen LogP contribution in [0.3, 0.4) is 0 Å². The summed E-state index contributed by atoms with van der Waals surface area (Å²) in [5.41, 5.74) is 2.01. The number of pyridine rings is 1. The van der Waals surface area contributed by atoms with E-state index in [1.54, 1.807) is 29.4 Å². The van der Waals surface area contributed by atoms with E-state index in [-0.39, 0.29) is 22.9 Å². The molecule has 0 unspecified atom stereocenters. The molecule has 126 valence electrons. The van der Waals surface area contributed by atoms with Crippen molar-refractivity contribution in [2.75, 3.05) is 13.6 Å². The van der Waals surface area contributed by atoms with Crippen LogP contribution in [0.1, 0.15) is 23.6 Å². The van der Waals surface area contributed by atoms with Crippen LogP contribution >= 0.6 is 11.6 Å². The highest BCUT2D eigenvalue weighted by atomic mass is 35.5. The van der Waals surface area contributed by atoms with Crippen molar-refractivity contribution in [2.45, 2.75) is 19.0 Å². The third-order valence-corrected chi connectivity index (χ3v) is 4.75. The molecule has 0 saturated carbocycles. The van der Waals surface area contributed by atoms with Crippen molar-refractivity contribution in [2.24, 2.45) is 5.92 Å². The molecule has 0 bridgehead atoms. The number of benzene rings is 1. The molecule has 1 aromatic heterocycles. The van der Waals surface area contributed by atoms with E-state index in [4.69, 9.17) is 11.6 Å². The van der Waals surface area contributed by atoms with E-state index >= 15 is 0 Å². The highest BCUT2D eigenvalue weighted by molar-refractivity contribution is 6.30. The maximum atomic E-state index is 13.2. The minimum absolute atomic E-state index is 0.0461. The van der Waals surface area contributed by atoms with Gasteiger partial charge in [-0.05, 0) is 35.4 Å². The summed E-state index contributed by atoms with van der Waals surface area (Å²) in [5.74, 6) is -0.0876. The molecule has 1 aromatic carbocycles. The number of carbonyl (C=O) groups is 1. The van der Waals surface area contributed by atoms with Crippen LogP contribution < -0.4 is 5.32 Å². The summed E-state index contributed by atoms with van der Waals surface area (Å²) < 4.78 is 13.2. The highest BCUT2D eigenvalue weighted by Gasteiger charge is 2.37. The topological polar surface area (TPSA) is 45.2 Å². The molecule has 1 fully saturated rings. The van der Waals surface area contributed by atoms with Gasteiger partial charge in [-0.25, -0.2) is 4.39 Å². The molecule has 24 heavy (non-hydrogen) atoms. The fourth-order valence-corrected chi connectivity index (χ4v) is 3.45. The Balaban J connectivity index is 1.65. The van der Waals surface area contributed by atoms with Gasteiger partial charge in [-0.1, -0.05) is 17.7 Å². The molecule has 4 nitrogen and oxygen atoms in total. The van der Waals surface area contributed by atoms with Gasteiger partial charge in [0.2, 0.25) is 5.91 Å². The van der Waals surface area contributed by atoms with Gasteiger partial charge < -0.3 is 10.2 Å². The molecule has 0 aliphatic carbocycles. The maximum absolute atomic E-state index is 13.2. The zero-order valence-electron chi connectivity index (χ0n) is 13.4. The Kier molecular flexibility index (Phi) is 5.11. The number of amides is 1. The maximum Gasteiger partial charge on any atom is 0.223 e. The van der Waals surface area contributed by atoms with Crippen molar-refractivity contribution in [1.29, 1.82) is 0 Å². The first kappa shape index (κ1) is 16.9. The zero-order chi connectivity index (χ0) is 17.1. The van der Waals surface area contributed by atoms with Crippen molar-refractivity contribution >= 4 is 17.5 Å². The van der Waals surface area contributed by atoms with Crippen molar-refractivity contribution in [3.05, 3.63) is 64.7 Å². The lowest BCUT2D eigenvalue weighted by molar-refractivity contribution is -0.127. The normalized spacial score (nSPS) is 20.6. The second-order valence-corrected chi connectivity index (χ2v) is 6.48. The van der Waals surface area contributed by atoms with Crippen molar-refractivity contribution in [3.8, 4) is 0 Å². The quantitative estimate of drug-likeness (QED) is 0.903. The number of likely N-dealkylation sites (tertiary alicyclic amines) is 1. The third-order valence-electron chi connectivity index (χ3n) is 4.46. The first-order valence-electron chi connectivity index (χ1n) is 7.86. The second-order valence-electron chi connectivity index (χ2n) is 6.07. The van der Waals surface area contributed by atoms with Gasteiger partial charge in [0.05, 0.1) is 11.1 Å². The first-order valence-corrected chi connectivity index (χ1v) is 8.24. The molecule has 1 aliphatic heterocycles. The largest absolute Gasteiger partial charge is 0.338 e. The third kappa shape index (κ3) is 3.57. The van der Waals surface area contributed by atoms with E-state index in [1.165, 1.54) is 6.07 Å². The number of carbonyl (C=O) groups excluding carboxylic acids is 1. The van der Waals surface area contributed by atoms with Gasteiger partial charge in [0, 0.05) is 44.9 Å². The zero-order valence-corrected chi connectivity index (χ0v) is 14.1. The molecule has 1 aliphatic rings. The Morgan fingerprint density at radius 1 is 1.33 bits per heavy atom. The lowest BCUT2D eigenvalue weighted by Gasteiger charge is -2.25. The average Bonchev–Trinajstić information content (AvgIpc) is 2.86. The Morgan fingerprint density at radius 2 is 2.08 bits per heavy atom. The van der Waals surface area contributed by atoms with Gasteiger partial charge in [-0.3, -0.25) is 9.78 Å². The lowest BCUT2D eigenvalue weighted by atomic mass is 9.94. The van der Waals surface area contributed by atoms with E-state index in [0.29, 0.717) is 19.5 Å². The van der Waals surface area contributed by atoms with Crippen LogP contribution in [0.25, 0.3) is 0 Å². The van der Waals surface area contributed by atoms with Gasteiger partial charge >= 0.3 is 0 Å². The second kappa shape index (κ2) is 7.28. The molecule has 1 N–H and O–H groups in total. The summed E-state index contributed by atoms with van der Waals surface area (Å²) in [4.78, 5) is 17.9. The summed E-state index contributed by atoms with van der Waals surface area (Å²) in [5, 5.41) is 3.48. The van der Waals surface area contributed by atoms with Crippen molar-refractivity contribution < 1.29 is 9.18 Å². The monoisotopic (exact) mass is 347 g/mol. The summed E-state index contributed by atoms with van der Waals surface area (Å²) in [6.45, 7) is 1.27. The van der Waals surface area contributed by atoms with E-state index in [2.05, 4.69) is 10.3 Å². The van der Waals surface area contributed by atoms with Crippen LogP contribution in [-0.4, -0.2) is 29.4 Å². The number of hydrogen-bond donors (Lipinski definition) is 1. The van der Waals surface area contributed by atoms with E-state index in [9.17, 15) is 9.18 Å². The van der Waals surface area contributed by atoms with Gasteiger partial charge in [-0.15, -0.1) is 0 Å². The minimum Gasteiger partial charge on any atom is -0.338 e. The molecular weight excluding hydrogens is 329 g/mol. The molecule has 0 spiro atoms. The average molecular weight is 348 g/mol. The molecule has 2 heterocycles. The van der Waals surface area contributed by atoms with Crippen LogP contribution in [-0.2, 0) is 11.3 Å². The predicted octanol–water partition coefficient (Wildman–Crippen LogP) is 3.18. The van der Waals surface area contributed by atoms with Crippen molar-refractivity contribution in [3.63, 3.8) is 0 Å². The lowest BCUT2D eigenvalue weighted by Crippen LogP contribution is -2.29. The van der Waals surface area contributed by atoms with Crippen LogP contribution in [0.15, 0.2) is 42.7 Å². The fraction of sp³-hybridized carbons (Fsp3) is 0.333. The molecule has 2 aromatic rings. The number of rotatable bonds is 5. The summed E-state index contributed by atoms with van der Waals surface area (Å²) >= 11 is 5.80. The highest BCUT2D eigenvalue weighted by Crippen LogP contribution is 2.36. The van der Waals surface area contributed by atoms with Gasteiger partial charge in [-0.2, -0.15) is 0 Å². The van der Waals surface area contributed by atoms with Gasteiger partial charge in [0.25, 0.3) is 0 Å². The molecule has 1 saturated heterocycles. The SMILES string of the molecule is CN1C(=O)C[C@@H](CNCc2ccc(F)c(Cl)c2)[C@@H]1c1ccncc1. The first-order chi connectivity index (χ1) is 11.6. The van der Waals surface area contributed by atoms with E-state index in [1.807, 2.05) is 19.2 Å². The van der Waals surface area contributed by atoms with Crippen LogP contribution in [0, 0.1) is 11.7 Å². The number of aromatic nitrogens is 1. The number of halogens is 2. The number of hydrogen-bond acceptors (Lipinski definition) is 3. The molecule has 3 rings (SSSR count). The van der Waals surface area contributed by atoms with E-state index < -0.39 is 5.82 Å².